The third-order valence-corrected chi connectivity index (χ3v) is 6.48. The van der Waals surface area contributed by atoms with Crippen LogP contribution in [0.4, 0.5) is 0 Å². The van der Waals surface area contributed by atoms with E-state index in [2.05, 4.69) is 34.0 Å². The maximum atomic E-state index is 13.3. The number of benzene rings is 1. The van der Waals surface area contributed by atoms with Crippen LogP contribution in [0.2, 0.25) is 0 Å². The SMILES string of the molecule is N#CC1(N(C(=O)[CH]Cc2ccc(I)cc2C(N)=O)C2CCCCC2)CCNC1. The first-order valence-electron chi connectivity index (χ1n) is 9.83. The Morgan fingerprint density at radius 3 is 2.71 bits per heavy atom. The Morgan fingerprint density at radius 2 is 2.11 bits per heavy atom. The molecule has 28 heavy (non-hydrogen) atoms. The summed E-state index contributed by atoms with van der Waals surface area (Å²) in [7, 11) is 0. The van der Waals surface area contributed by atoms with E-state index in [1.807, 2.05) is 17.0 Å². The summed E-state index contributed by atoms with van der Waals surface area (Å²) in [6, 6.07) is 8.02. The minimum Gasteiger partial charge on any atom is -0.366 e. The van der Waals surface area contributed by atoms with Crippen molar-refractivity contribution in [1.29, 1.82) is 5.26 Å². The molecule has 2 fully saturated rings. The molecule has 0 spiro atoms. The third-order valence-electron chi connectivity index (χ3n) is 5.81. The number of nitrogens with one attached hydrogen (secondary N) is 1. The van der Waals surface area contributed by atoms with E-state index in [9.17, 15) is 14.9 Å². The summed E-state index contributed by atoms with van der Waals surface area (Å²) in [5.74, 6) is -0.613. The second-order valence-corrected chi connectivity index (χ2v) is 8.89. The number of carbonyl (C=O) groups excluding carboxylic acids is 2. The molecule has 2 amide bonds. The zero-order valence-corrected chi connectivity index (χ0v) is 18.1. The number of nitrogens with two attached hydrogens (primary N) is 1. The lowest BCUT2D eigenvalue weighted by molar-refractivity contribution is -0.135. The van der Waals surface area contributed by atoms with Gasteiger partial charge >= 0.3 is 0 Å². The zero-order valence-electron chi connectivity index (χ0n) is 15.9. The van der Waals surface area contributed by atoms with Gasteiger partial charge in [0.25, 0.3) is 0 Å². The molecule has 1 aliphatic carbocycles. The van der Waals surface area contributed by atoms with Crippen LogP contribution >= 0.6 is 22.6 Å². The molecule has 1 unspecified atom stereocenters. The summed E-state index contributed by atoms with van der Waals surface area (Å²) in [6.07, 6.45) is 7.84. The van der Waals surface area contributed by atoms with E-state index in [0.717, 1.165) is 41.4 Å². The average Bonchev–Trinajstić information content (AvgIpc) is 3.17. The highest BCUT2D eigenvalue weighted by Crippen LogP contribution is 2.32. The maximum Gasteiger partial charge on any atom is 0.249 e. The van der Waals surface area contributed by atoms with E-state index in [1.165, 1.54) is 6.42 Å². The Kier molecular flexibility index (Phi) is 6.94. The van der Waals surface area contributed by atoms with Gasteiger partial charge in [-0.05, 0) is 72.5 Å². The Labute approximate surface area is 180 Å². The van der Waals surface area contributed by atoms with Gasteiger partial charge in [0.1, 0.15) is 5.54 Å². The topological polar surface area (TPSA) is 99.2 Å². The number of hydrogen-bond acceptors (Lipinski definition) is 4. The summed E-state index contributed by atoms with van der Waals surface area (Å²) in [4.78, 5) is 26.9. The van der Waals surface area contributed by atoms with Crippen LogP contribution < -0.4 is 11.1 Å². The summed E-state index contributed by atoms with van der Waals surface area (Å²) >= 11 is 2.13. The van der Waals surface area contributed by atoms with Gasteiger partial charge in [0.15, 0.2) is 0 Å². The second-order valence-electron chi connectivity index (χ2n) is 7.64. The molecule has 1 aliphatic heterocycles. The maximum absolute atomic E-state index is 13.3. The predicted octanol–water partition coefficient (Wildman–Crippen LogP) is 2.55. The lowest BCUT2D eigenvalue weighted by atomic mass is 9.87. The zero-order chi connectivity index (χ0) is 20.1. The monoisotopic (exact) mass is 493 g/mol. The van der Waals surface area contributed by atoms with Crippen molar-refractivity contribution in [3.63, 3.8) is 0 Å². The first kappa shape index (κ1) is 21.1. The second kappa shape index (κ2) is 9.23. The van der Waals surface area contributed by atoms with E-state index >= 15 is 0 Å². The molecule has 3 rings (SSSR count). The highest BCUT2D eigenvalue weighted by molar-refractivity contribution is 14.1. The number of nitriles is 1. The molecule has 0 aromatic heterocycles. The lowest BCUT2D eigenvalue weighted by Gasteiger charge is -2.43. The predicted molar refractivity (Wildman–Crippen MR) is 115 cm³/mol. The Bertz CT molecular complexity index is 777. The van der Waals surface area contributed by atoms with Crippen LogP contribution in [0.15, 0.2) is 18.2 Å². The number of hydrogen-bond donors (Lipinski definition) is 2. The van der Waals surface area contributed by atoms with Gasteiger partial charge < -0.3 is 16.0 Å². The molecule has 1 saturated carbocycles. The van der Waals surface area contributed by atoms with Gasteiger partial charge in [-0.2, -0.15) is 5.26 Å². The summed E-state index contributed by atoms with van der Waals surface area (Å²) < 4.78 is 0.922. The van der Waals surface area contributed by atoms with Crippen molar-refractivity contribution < 1.29 is 9.59 Å². The molecule has 2 aliphatic rings. The van der Waals surface area contributed by atoms with Crippen molar-refractivity contribution in [2.45, 2.75) is 56.5 Å². The fourth-order valence-corrected chi connectivity index (χ4v) is 4.86. The lowest BCUT2D eigenvalue weighted by Crippen LogP contribution is -2.57. The van der Waals surface area contributed by atoms with Gasteiger partial charge in [-0.25, -0.2) is 0 Å². The van der Waals surface area contributed by atoms with Gasteiger partial charge in [-0.15, -0.1) is 0 Å². The number of nitrogens with zero attached hydrogens (tertiary/aromatic N) is 2. The van der Waals surface area contributed by atoms with Crippen molar-refractivity contribution in [3.05, 3.63) is 39.3 Å². The highest BCUT2D eigenvalue weighted by Gasteiger charge is 2.45. The quantitative estimate of drug-likeness (QED) is 0.596. The van der Waals surface area contributed by atoms with Crippen LogP contribution in [0.1, 0.15) is 54.4 Å². The minimum absolute atomic E-state index is 0.101. The van der Waals surface area contributed by atoms with E-state index in [0.29, 0.717) is 24.9 Å². The highest BCUT2D eigenvalue weighted by atomic mass is 127. The van der Waals surface area contributed by atoms with Crippen LogP contribution in [0, 0.1) is 21.3 Å². The average molecular weight is 493 g/mol. The fraction of sp³-hybridized carbons (Fsp3) is 0.524. The molecule has 1 atom stereocenters. The molecule has 0 bridgehead atoms. The van der Waals surface area contributed by atoms with Crippen LogP contribution in [0.25, 0.3) is 0 Å². The summed E-state index contributed by atoms with van der Waals surface area (Å²) in [6.45, 7) is 1.25. The summed E-state index contributed by atoms with van der Waals surface area (Å²) in [5, 5.41) is 13.2. The van der Waals surface area contributed by atoms with Gasteiger partial charge in [0.2, 0.25) is 11.8 Å². The van der Waals surface area contributed by atoms with E-state index in [1.54, 1.807) is 12.5 Å². The van der Waals surface area contributed by atoms with E-state index in [4.69, 9.17) is 5.73 Å². The number of primary amides is 1. The molecule has 1 radical (unpaired) electrons. The molecule has 3 N–H and O–H groups in total. The standard InChI is InChI=1S/C21H26IN4O2/c22-16-8-6-15(18(12-16)20(24)28)7-9-19(27)26(17-4-2-1-3-5-17)21(13-23)10-11-25-14-21/h6,8-9,12,17,25H,1-5,7,10-11,14H2,(H2,24,28). The molecule has 1 aromatic carbocycles. The normalized spacial score (nSPS) is 22.6. The molecule has 7 heteroatoms. The van der Waals surface area contributed by atoms with Crippen LogP contribution in [0.3, 0.4) is 0 Å². The number of rotatable bonds is 6. The number of carbonyl (C=O) groups is 2. The number of halogens is 1. The van der Waals surface area contributed by atoms with Gasteiger partial charge in [0, 0.05) is 21.7 Å². The van der Waals surface area contributed by atoms with Crippen LogP contribution in [-0.4, -0.2) is 41.4 Å². The van der Waals surface area contributed by atoms with E-state index < -0.39 is 11.4 Å². The summed E-state index contributed by atoms with van der Waals surface area (Å²) in [5.41, 5.74) is 5.90. The Hall–Kier alpha value is -1.66. The smallest absolute Gasteiger partial charge is 0.249 e. The molecule has 1 aromatic rings. The molecule has 1 saturated heterocycles. The van der Waals surface area contributed by atoms with Crippen LogP contribution in [-0.2, 0) is 11.2 Å². The van der Waals surface area contributed by atoms with Crippen LogP contribution in [0.5, 0.6) is 0 Å². The third kappa shape index (κ3) is 4.49. The Morgan fingerprint density at radius 1 is 1.36 bits per heavy atom. The molecule has 149 valence electrons. The van der Waals surface area contributed by atoms with Gasteiger partial charge in [-0.3, -0.25) is 9.59 Å². The molecule has 1 heterocycles. The first-order chi connectivity index (χ1) is 13.5. The minimum atomic E-state index is -0.784. The van der Waals surface area contributed by atoms with Crippen molar-refractivity contribution in [3.8, 4) is 6.07 Å². The van der Waals surface area contributed by atoms with Crippen molar-refractivity contribution in [2.75, 3.05) is 13.1 Å². The van der Waals surface area contributed by atoms with Gasteiger partial charge in [0.05, 0.1) is 12.5 Å². The molecular formula is C21H26IN4O2. The number of amides is 2. The van der Waals surface area contributed by atoms with Crippen molar-refractivity contribution in [2.24, 2.45) is 5.73 Å². The Balaban J connectivity index is 1.80. The van der Waals surface area contributed by atoms with Crippen molar-refractivity contribution >= 4 is 34.4 Å². The molecular weight excluding hydrogens is 467 g/mol. The largest absolute Gasteiger partial charge is 0.366 e. The molecule has 6 nitrogen and oxygen atoms in total. The van der Waals surface area contributed by atoms with Crippen molar-refractivity contribution in [1.82, 2.24) is 10.2 Å². The fourth-order valence-electron chi connectivity index (χ4n) is 4.36. The van der Waals surface area contributed by atoms with E-state index in [-0.39, 0.29) is 11.9 Å². The first-order valence-corrected chi connectivity index (χ1v) is 10.9. The van der Waals surface area contributed by atoms with Gasteiger partial charge in [-0.1, -0.05) is 25.3 Å².